The molecule has 20 heteroatoms. The van der Waals surface area contributed by atoms with Gasteiger partial charge in [-0.15, -0.1) is 0 Å². The first-order valence-corrected chi connectivity index (χ1v) is 29.9. The predicted molar refractivity (Wildman–Crippen MR) is 330 cm³/mol. The summed E-state index contributed by atoms with van der Waals surface area (Å²) in [5, 5.41) is 0. The lowest BCUT2D eigenvalue weighted by atomic mass is 9.97. The van der Waals surface area contributed by atoms with Crippen LogP contribution in [0.5, 0.6) is 0 Å². The topological polar surface area (TPSA) is 247 Å². The maximum atomic E-state index is 14.4. The minimum absolute atomic E-state index is 0.0705. The molecule has 0 spiro atoms. The van der Waals surface area contributed by atoms with Crippen LogP contribution in [0, 0.1) is 0 Å². The largest absolute Gasteiger partial charge is 0.459 e. The third-order valence-electron chi connectivity index (χ3n) is 14.9. The summed E-state index contributed by atoms with van der Waals surface area (Å²) < 4.78 is 75.9. The van der Waals surface area contributed by atoms with Crippen molar-refractivity contribution in [2.45, 2.75) is 93.9 Å². The van der Waals surface area contributed by atoms with E-state index in [0.29, 0.717) is 0 Å². The molecule has 0 N–H and O–H groups in total. The van der Waals surface area contributed by atoms with Gasteiger partial charge in [0, 0.05) is 0 Å². The molecular weight excluding hydrogens is 1200 g/mol. The fourth-order valence-corrected chi connectivity index (χ4v) is 10.3. The van der Waals surface area contributed by atoms with E-state index in [9.17, 15) is 38.4 Å². The van der Waals surface area contributed by atoms with Crippen LogP contribution < -0.4 is 0 Å². The lowest BCUT2D eigenvalue weighted by molar-refractivity contribution is -0.318. The molecule has 93 heavy (non-hydrogen) atoms. The number of carbonyl (C=O) groups is 8. The molecule has 476 valence electrons. The van der Waals surface area contributed by atoms with Crippen molar-refractivity contribution in [1.82, 2.24) is 0 Å². The molecular formula is C73H64O20. The summed E-state index contributed by atoms with van der Waals surface area (Å²) in [5.41, 5.74) is 0.813. The average molecular weight is 1260 g/mol. The van der Waals surface area contributed by atoms with Gasteiger partial charge < -0.3 is 56.8 Å². The lowest BCUT2D eigenvalue weighted by Gasteiger charge is -2.45. The summed E-state index contributed by atoms with van der Waals surface area (Å²) in [6.07, 6.45) is -19.0. The Balaban J connectivity index is 1.000. The Morgan fingerprint density at radius 1 is 0.280 bits per heavy atom. The molecule has 20 nitrogen and oxygen atoms in total. The van der Waals surface area contributed by atoms with E-state index in [-0.39, 0.29) is 50.9 Å². The second-order valence-corrected chi connectivity index (χ2v) is 21.6. The van der Waals surface area contributed by atoms with Gasteiger partial charge in [-0.1, -0.05) is 146 Å². The third kappa shape index (κ3) is 17.4. The van der Waals surface area contributed by atoms with Crippen LogP contribution in [0.1, 0.15) is 103 Å². The highest BCUT2D eigenvalue weighted by molar-refractivity contribution is 5.93. The van der Waals surface area contributed by atoms with Crippen LogP contribution in [0.15, 0.2) is 243 Å². The van der Waals surface area contributed by atoms with E-state index >= 15 is 0 Å². The number of carbonyl (C=O) groups excluding carboxylic acids is 8. The van der Waals surface area contributed by atoms with Gasteiger partial charge in [0.25, 0.3) is 0 Å². The first kappa shape index (κ1) is 65.3. The van der Waals surface area contributed by atoms with Crippen LogP contribution in [0.2, 0.25) is 0 Å². The third-order valence-corrected chi connectivity index (χ3v) is 14.9. The summed E-state index contributed by atoms with van der Waals surface area (Å²) in [6, 6.07) is 63.4. The quantitative estimate of drug-likeness (QED) is 0.0403. The average Bonchev–Trinajstić information content (AvgIpc) is 0.794. The van der Waals surface area contributed by atoms with E-state index < -0.39 is 135 Å². The van der Waals surface area contributed by atoms with Gasteiger partial charge in [-0.2, -0.15) is 0 Å². The zero-order valence-corrected chi connectivity index (χ0v) is 50.3. The summed E-state index contributed by atoms with van der Waals surface area (Å²) in [7, 11) is 0. The summed E-state index contributed by atoms with van der Waals surface area (Å²) in [6.45, 7) is 1.96. The fraction of sp³-hybridized carbons (Fsp3) is 0.233. The van der Waals surface area contributed by atoms with Crippen molar-refractivity contribution in [2.24, 2.45) is 0 Å². The Hall–Kier alpha value is -10.6. The maximum Gasteiger partial charge on any atom is 0.338 e. The SMILES string of the molecule is C[C@H](C[C@H](C)O[C@H]1O[C@H](COC(=O)c2ccccc2)[C@@H](OC(=O)c2ccccc2)[C@H](OC(=O)c2ccccc2)[C@@H]1OC(=O)c1ccccc1)O[C@H]1O[C@H](COC(=O)c2ccccc2)[C@@H](OC(=O)c2ccccc2)[C@H](OC(=O)c2ccccc2)[C@@H]1OC(=O)c1ccccc1. The molecule has 12 atom stereocenters. The van der Waals surface area contributed by atoms with Gasteiger partial charge in [0.1, 0.15) is 25.4 Å². The monoisotopic (exact) mass is 1260 g/mol. The molecule has 0 saturated carbocycles. The highest BCUT2D eigenvalue weighted by atomic mass is 16.8. The minimum atomic E-state index is -1.75. The molecule has 8 aromatic carbocycles. The van der Waals surface area contributed by atoms with Crippen LogP contribution in [-0.4, -0.2) is 135 Å². The number of esters is 8. The molecule has 0 amide bonds. The van der Waals surface area contributed by atoms with Crippen molar-refractivity contribution < 1.29 is 95.2 Å². The van der Waals surface area contributed by atoms with Gasteiger partial charge >= 0.3 is 47.8 Å². The lowest BCUT2D eigenvalue weighted by Crippen LogP contribution is -2.64. The molecule has 0 aliphatic carbocycles. The Labute approximate surface area is 535 Å². The van der Waals surface area contributed by atoms with Crippen LogP contribution >= 0.6 is 0 Å². The molecule has 2 heterocycles. The summed E-state index contributed by atoms with van der Waals surface area (Å²) >= 11 is 0. The molecule has 0 radical (unpaired) electrons. The number of rotatable bonds is 24. The van der Waals surface area contributed by atoms with E-state index in [1.807, 2.05) is 0 Å². The van der Waals surface area contributed by atoms with Crippen molar-refractivity contribution in [3.05, 3.63) is 287 Å². The molecule has 2 fully saturated rings. The van der Waals surface area contributed by atoms with Gasteiger partial charge in [0.2, 0.25) is 0 Å². The zero-order valence-electron chi connectivity index (χ0n) is 50.3. The molecule has 0 aromatic heterocycles. The number of benzene rings is 8. The number of ether oxygens (including phenoxy) is 12. The zero-order chi connectivity index (χ0) is 65.1. The van der Waals surface area contributed by atoms with Gasteiger partial charge in [-0.05, 0) is 117 Å². The van der Waals surface area contributed by atoms with Gasteiger partial charge in [-0.25, -0.2) is 38.4 Å². The second-order valence-electron chi connectivity index (χ2n) is 21.6. The maximum absolute atomic E-state index is 14.4. The smallest absolute Gasteiger partial charge is 0.338 e. The van der Waals surface area contributed by atoms with Crippen molar-refractivity contribution in [3.8, 4) is 0 Å². The first-order valence-electron chi connectivity index (χ1n) is 29.9. The molecule has 10 rings (SSSR count). The van der Waals surface area contributed by atoms with E-state index in [2.05, 4.69) is 0 Å². The molecule has 2 saturated heterocycles. The predicted octanol–water partition coefficient (Wildman–Crippen LogP) is 10.7. The number of hydrogen-bond acceptors (Lipinski definition) is 20. The molecule has 2 aliphatic heterocycles. The van der Waals surface area contributed by atoms with E-state index in [1.54, 1.807) is 159 Å². The van der Waals surface area contributed by atoms with Crippen molar-refractivity contribution >= 4 is 47.8 Å². The van der Waals surface area contributed by atoms with E-state index in [4.69, 9.17) is 56.8 Å². The van der Waals surface area contributed by atoms with Crippen LogP contribution in [0.4, 0.5) is 0 Å². The van der Waals surface area contributed by atoms with Gasteiger partial charge in [0.05, 0.1) is 56.7 Å². The first-order chi connectivity index (χ1) is 45.3. The molecule has 8 aromatic rings. The Bertz CT molecular complexity index is 3530. The Morgan fingerprint density at radius 2 is 0.473 bits per heavy atom. The highest BCUT2D eigenvalue weighted by Gasteiger charge is 2.56. The fourth-order valence-electron chi connectivity index (χ4n) is 10.3. The molecule has 2 aliphatic rings. The van der Waals surface area contributed by atoms with E-state index in [0.717, 1.165) is 0 Å². The summed E-state index contributed by atoms with van der Waals surface area (Å²) in [5.74, 6) is -7.06. The second kappa shape index (κ2) is 31.9. The van der Waals surface area contributed by atoms with Gasteiger partial charge in [-0.3, -0.25) is 0 Å². The summed E-state index contributed by atoms with van der Waals surface area (Å²) in [4.78, 5) is 113. The van der Waals surface area contributed by atoms with Gasteiger partial charge in [0.15, 0.2) is 49.2 Å². The molecule has 0 unspecified atom stereocenters. The normalized spacial score (nSPS) is 21.4. The highest BCUT2D eigenvalue weighted by Crippen LogP contribution is 2.36. The standard InChI is InChI=1S/C73H64O20/c1-46(84-72-62(92-70(80)54-39-23-9-24-40-54)60(90-68(78)52-35-19-7-20-36-52)58(88-66(76)50-31-15-5-16-32-50)56(86-72)44-82-64(74)48-27-11-3-12-28-48)43-47(2)85-73-63(93-71(81)55-41-25-10-26-42-55)61(91-69(79)53-37-21-8-22-38-53)59(89-67(77)51-33-17-6-18-34-51)57(87-73)45-83-65(75)49-29-13-4-14-30-49/h3-42,46-47,56-63,72-73H,43-45H2,1-2H3/t46-,47+,56-,57-,58-,59-,60+,61+,62+,63+,72+,73+/m1/s1. The Morgan fingerprint density at radius 3 is 0.699 bits per heavy atom. The van der Waals surface area contributed by atoms with Crippen molar-refractivity contribution in [2.75, 3.05) is 13.2 Å². The van der Waals surface area contributed by atoms with Crippen molar-refractivity contribution in [1.29, 1.82) is 0 Å². The number of hydrogen-bond donors (Lipinski definition) is 0. The molecule has 0 bridgehead atoms. The minimum Gasteiger partial charge on any atom is -0.459 e. The van der Waals surface area contributed by atoms with Crippen LogP contribution in [0.3, 0.4) is 0 Å². The van der Waals surface area contributed by atoms with Crippen molar-refractivity contribution in [3.63, 3.8) is 0 Å². The Kier molecular flexibility index (Phi) is 22.4. The van der Waals surface area contributed by atoms with Crippen LogP contribution in [-0.2, 0) is 56.8 Å². The van der Waals surface area contributed by atoms with E-state index in [1.165, 1.54) is 97.1 Å². The van der Waals surface area contributed by atoms with Crippen LogP contribution in [0.25, 0.3) is 0 Å².